The molecule has 0 amide bonds. The molecule has 0 aromatic heterocycles. The lowest BCUT2D eigenvalue weighted by Crippen LogP contribution is -2.25. The lowest BCUT2D eigenvalue weighted by Gasteiger charge is -2.19. The van der Waals surface area contributed by atoms with Crippen LogP contribution < -0.4 is 15.4 Å². The third-order valence-corrected chi connectivity index (χ3v) is 4.81. The first-order valence-corrected chi connectivity index (χ1v) is 9.14. The molecule has 136 valence electrons. The van der Waals surface area contributed by atoms with Crippen LogP contribution in [0.3, 0.4) is 0 Å². The molecule has 1 heterocycles. The van der Waals surface area contributed by atoms with E-state index in [1.165, 1.54) is 11.1 Å². The second kappa shape index (κ2) is 7.96. The number of ether oxygens (including phenoxy) is 1. The molecule has 3 aromatic carbocycles. The predicted molar refractivity (Wildman–Crippen MR) is 109 cm³/mol. The topological polar surface area (TPSA) is 45.6 Å². The summed E-state index contributed by atoms with van der Waals surface area (Å²) in [6, 6.07) is 29.3. The van der Waals surface area contributed by atoms with Crippen LogP contribution in [0.2, 0.25) is 0 Å². The second-order valence-corrected chi connectivity index (χ2v) is 6.58. The van der Waals surface area contributed by atoms with E-state index in [9.17, 15) is 0 Å². The molecule has 3 aromatic rings. The van der Waals surface area contributed by atoms with E-state index in [1.54, 1.807) is 7.11 Å². The number of guanidine groups is 1. The maximum atomic E-state index is 5.21. The van der Waals surface area contributed by atoms with E-state index in [-0.39, 0.29) is 12.1 Å². The summed E-state index contributed by atoms with van der Waals surface area (Å²) in [5, 5.41) is 7.13. The van der Waals surface area contributed by atoms with Crippen molar-refractivity contribution in [3.05, 3.63) is 102 Å². The van der Waals surface area contributed by atoms with Gasteiger partial charge in [0.15, 0.2) is 5.96 Å². The smallest absolute Gasteiger partial charge is 0.192 e. The summed E-state index contributed by atoms with van der Waals surface area (Å²) in [5.74, 6) is 1.69. The molecule has 1 aliphatic rings. The molecule has 4 rings (SSSR count). The number of nitrogens with zero attached hydrogens (tertiary/aromatic N) is 1. The van der Waals surface area contributed by atoms with Crippen molar-refractivity contribution in [1.29, 1.82) is 0 Å². The molecule has 1 aliphatic heterocycles. The minimum atomic E-state index is 0.142. The van der Waals surface area contributed by atoms with Crippen LogP contribution in [0.1, 0.15) is 28.8 Å². The first-order chi connectivity index (χ1) is 13.3. The molecule has 1 saturated heterocycles. The number of methoxy groups -OCH3 is 1. The van der Waals surface area contributed by atoms with Crippen molar-refractivity contribution in [2.45, 2.75) is 18.6 Å². The van der Waals surface area contributed by atoms with Gasteiger partial charge in [-0.25, -0.2) is 4.99 Å². The van der Waals surface area contributed by atoms with Gasteiger partial charge in [-0.15, -0.1) is 0 Å². The van der Waals surface area contributed by atoms with Crippen molar-refractivity contribution in [1.82, 2.24) is 10.6 Å². The average molecular weight is 357 g/mol. The number of hydrogen-bond acceptors (Lipinski definition) is 2. The Bertz CT molecular complexity index is 842. The summed E-state index contributed by atoms with van der Waals surface area (Å²) in [4.78, 5) is 4.75. The van der Waals surface area contributed by atoms with Gasteiger partial charge < -0.3 is 15.4 Å². The zero-order valence-corrected chi connectivity index (χ0v) is 15.3. The van der Waals surface area contributed by atoms with Gasteiger partial charge in [0.05, 0.1) is 25.7 Å². The molecule has 0 aliphatic carbocycles. The van der Waals surface area contributed by atoms with Gasteiger partial charge in [-0.3, -0.25) is 0 Å². The summed E-state index contributed by atoms with van der Waals surface area (Å²) < 4.78 is 5.21. The fourth-order valence-electron chi connectivity index (χ4n) is 3.37. The Morgan fingerprint density at radius 3 is 1.74 bits per heavy atom. The van der Waals surface area contributed by atoms with Crippen LogP contribution in [0.25, 0.3) is 0 Å². The summed E-state index contributed by atoms with van der Waals surface area (Å²) in [7, 11) is 1.68. The van der Waals surface area contributed by atoms with E-state index >= 15 is 0 Å². The molecule has 4 heteroatoms. The largest absolute Gasteiger partial charge is 0.497 e. The molecular weight excluding hydrogens is 334 g/mol. The fourth-order valence-corrected chi connectivity index (χ4v) is 3.37. The van der Waals surface area contributed by atoms with E-state index in [4.69, 9.17) is 9.73 Å². The van der Waals surface area contributed by atoms with Crippen molar-refractivity contribution in [2.75, 3.05) is 7.11 Å². The van der Waals surface area contributed by atoms with E-state index < -0.39 is 0 Å². The van der Waals surface area contributed by atoms with Gasteiger partial charge in [-0.2, -0.15) is 0 Å². The van der Waals surface area contributed by atoms with Crippen LogP contribution in [0.15, 0.2) is 89.9 Å². The number of rotatable bonds is 5. The van der Waals surface area contributed by atoms with Crippen molar-refractivity contribution in [2.24, 2.45) is 4.99 Å². The molecule has 27 heavy (non-hydrogen) atoms. The van der Waals surface area contributed by atoms with E-state index in [0.29, 0.717) is 6.54 Å². The fraction of sp³-hybridized carbons (Fsp3) is 0.174. The SMILES string of the molecule is COc1ccc(CN=C2NC(c3ccccc3)C(c3ccccc3)N2)cc1. The lowest BCUT2D eigenvalue weighted by molar-refractivity contribution is 0.414. The van der Waals surface area contributed by atoms with Crippen LogP contribution in [0, 0.1) is 0 Å². The monoisotopic (exact) mass is 357 g/mol. The normalized spacial score (nSPS) is 18.5. The van der Waals surface area contributed by atoms with E-state index in [1.807, 2.05) is 36.4 Å². The molecule has 0 radical (unpaired) electrons. The zero-order valence-electron chi connectivity index (χ0n) is 15.3. The lowest BCUT2D eigenvalue weighted by atomic mass is 9.95. The number of benzene rings is 3. The molecule has 0 spiro atoms. The van der Waals surface area contributed by atoms with Crippen LogP contribution in [-0.4, -0.2) is 13.1 Å². The quantitative estimate of drug-likeness (QED) is 0.718. The molecular formula is C23H23N3O. The Balaban J connectivity index is 1.56. The summed E-state index contributed by atoms with van der Waals surface area (Å²) in [5.41, 5.74) is 3.63. The van der Waals surface area contributed by atoms with E-state index in [2.05, 4.69) is 59.2 Å². The number of aliphatic imine (C=N–C) groups is 1. The van der Waals surface area contributed by atoms with E-state index in [0.717, 1.165) is 17.3 Å². The molecule has 2 atom stereocenters. The van der Waals surface area contributed by atoms with Gasteiger partial charge in [0.2, 0.25) is 0 Å². The summed E-state index contributed by atoms with van der Waals surface area (Å²) in [6.45, 7) is 0.613. The Morgan fingerprint density at radius 2 is 1.26 bits per heavy atom. The third-order valence-electron chi connectivity index (χ3n) is 4.81. The average Bonchev–Trinajstić information content (AvgIpc) is 3.18. The van der Waals surface area contributed by atoms with Crippen LogP contribution in [0.4, 0.5) is 0 Å². The van der Waals surface area contributed by atoms with Crippen LogP contribution in [0.5, 0.6) is 5.75 Å². The zero-order chi connectivity index (χ0) is 18.5. The van der Waals surface area contributed by atoms with Gasteiger partial charge in [0, 0.05) is 0 Å². The molecule has 0 bridgehead atoms. The molecule has 1 fully saturated rings. The summed E-state index contributed by atoms with van der Waals surface area (Å²) >= 11 is 0. The molecule has 2 N–H and O–H groups in total. The van der Waals surface area contributed by atoms with Gasteiger partial charge in [-0.05, 0) is 28.8 Å². The highest BCUT2D eigenvalue weighted by atomic mass is 16.5. The standard InChI is InChI=1S/C23H23N3O/c1-27-20-14-12-17(13-15-20)16-24-23-25-21(18-8-4-2-5-9-18)22(26-23)19-10-6-3-7-11-19/h2-15,21-22H,16H2,1H3,(H2,24,25,26). The van der Waals surface area contributed by atoms with Gasteiger partial charge in [0.25, 0.3) is 0 Å². The van der Waals surface area contributed by atoms with Crippen LogP contribution >= 0.6 is 0 Å². The first-order valence-electron chi connectivity index (χ1n) is 9.14. The highest BCUT2D eigenvalue weighted by molar-refractivity contribution is 5.83. The Hall–Kier alpha value is -3.27. The summed E-state index contributed by atoms with van der Waals surface area (Å²) in [6.07, 6.45) is 0. The van der Waals surface area contributed by atoms with Crippen molar-refractivity contribution < 1.29 is 4.74 Å². The highest BCUT2D eigenvalue weighted by Crippen LogP contribution is 2.32. The molecule has 4 nitrogen and oxygen atoms in total. The van der Waals surface area contributed by atoms with Gasteiger partial charge in [-0.1, -0.05) is 72.8 Å². The minimum absolute atomic E-state index is 0.142. The third kappa shape index (κ3) is 3.95. The number of hydrogen-bond donors (Lipinski definition) is 2. The molecule has 2 unspecified atom stereocenters. The maximum absolute atomic E-state index is 5.21. The van der Waals surface area contributed by atoms with Gasteiger partial charge >= 0.3 is 0 Å². The van der Waals surface area contributed by atoms with Crippen LogP contribution in [-0.2, 0) is 6.54 Å². The number of nitrogens with one attached hydrogen (secondary N) is 2. The Morgan fingerprint density at radius 1 is 0.741 bits per heavy atom. The minimum Gasteiger partial charge on any atom is -0.497 e. The Labute approximate surface area is 159 Å². The van der Waals surface area contributed by atoms with Crippen molar-refractivity contribution in [3.63, 3.8) is 0 Å². The Kier molecular flexibility index (Phi) is 5.06. The predicted octanol–water partition coefficient (Wildman–Crippen LogP) is 4.23. The second-order valence-electron chi connectivity index (χ2n) is 6.58. The van der Waals surface area contributed by atoms with Gasteiger partial charge in [0.1, 0.15) is 5.75 Å². The maximum Gasteiger partial charge on any atom is 0.192 e. The molecule has 0 saturated carbocycles. The van der Waals surface area contributed by atoms with Crippen molar-refractivity contribution in [3.8, 4) is 5.75 Å². The highest BCUT2D eigenvalue weighted by Gasteiger charge is 2.32. The van der Waals surface area contributed by atoms with Crippen molar-refractivity contribution >= 4 is 5.96 Å². The first kappa shape index (κ1) is 17.2.